The van der Waals surface area contributed by atoms with E-state index in [9.17, 15) is 0 Å². The summed E-state index contributed by atoms with van der Waals surface area (Å²) < 4.78 is 0. The zero-order chi connectivity index (χ0) is 11.6. The maximum Gasteiger partial charge on any atom is 0.153 e. The van der Waals surface area contributed by atoms with E-state index < -0.39 is 5.54 Å². The Morgan fingerprint density at radius 3 is 3.12 bits per heavy atom. The Labute approximate surface area is 100 Å². The van der Waals surface area contributed by atoms with E-state index in [4.69, 9.17) is 18.0 Å². The molecule has 0 fully saturated rings. The lowest BCUT2D eigenvalue weighted by molar-refractivity contribution is 0.599. The Hall–Kier alpha value is -1.72. The van der Waals surface area contributed by atoms with Crippen LogP contribution in [0.2, 0.25) is 5.02 Å². The molecule has 16 heavy (non-hydrogen) atoms. The fourth-order valence-electron chi connectivity index (χ4n) is 1.81. The summed E-state index contributed by atoms with van der Waals surface area (Å²) in [5, 5.41) is 3.71. The van der Waals surface area contributed by atoms with Crippen molar-refractivity contribution in [2.24, 2.45) is 4.99 Å². The van der Waals surface area contributed by atoms with Crippen molar-refractivity contribution >= 4 is 23.6 Å². The third kappa shape index (κ3) is 1.60. The maximum absolute atomic E-state index is 5.99. The minimum absolute atomic E-state index is 0.592. The Balaban J connectivity index is 2.62. The second-order valence-corrected chi connectivity index (χ2v) is 4.03. The SMILES string of the molecule is C#CC1(CC=C)N=CNc2ccc(Cl)cc21. The first-order valence-electron chi connectivity index (χ1n) is 4.91. The van der Waals surface area contributed by atoms with Crippen LogP contribution in [0, 0.1) is 12.3 Å². The topological polar surface area (TPSA) is 24.4 Å². The number of hydrogen-bond acceptors (Lipinski definition) is 2. The highest BCUT2D eigenvalue weighted by Gasteiger charge is 2.32. The smallest absolute Gasteiger partial charge is 0.153 e. The molecular weight excluding hydrogens is 220 g/mol. The summed E-state index contributed by atoms with van der Waals surface area (Å²) in [6.07, 6.45) is 9.59. The van der Waals surface area contributed by atoms with E-state index in [0.29, 0.717) is 11.4 Å². The van der Waals surface area contributed by atoms with Gasteiger partial charge in [-0.2, -0.15) is 0 Å². The summed E-state index contributed by atoms with van der Waals surface area (Å²) in [4.78, 5) is 4.35. The van der Waals surface area contributed by atoms with Gasteiger partial charge >= 0.3 is 0 Å². The molecule has 1 atom stereocenters. The normalized spacial score (nSPS) is 21.8. The number of halogens is 1. The third-order valence-corrected chi connectivity index (χ3v) is 2.85. The van der Waals surface area contributed by atoms with Crippen LogP contribution in [0.5, 0.6) is 0 Å². The minimum atomic E-state index is -0.673. The van der Waals surface area contributed by atoms with Crippen molar-refractivity contribution in [3.8, 4) is 12.3 Å². The van der Waals surface area contributed by atoms with Crippen LogP contribution in [-0.2, 0) is 5.54 Å². The van der Waals surface area contributed by atoms with E-state index in [1.165, 1.54) is 0 Å². The Bertz CT molecular complexity index is 499. The molecule has 0 bridgehead atoms. The molecule has 3 heteroatoms. The fourth-order valence-corrected chi connectivity index (χ4v) is 1.98. The van der Waals surface area contributed by atoms with E-state index >= 15 is 0 Å². The first-order chi connectivity index (χ1) is 7.72. The van der Waals surface area contributed by atoms with Gasteiger partial charge in [-0.3, -0.25) is 4.99 Å². The first-order valence-corrected chi connectivity index (χ1v) is 5.28. The van der Waals surface area contributed by atoms with Gasteiger partial charge < -0.3 is 5.32 Å². The molecule has 1 aliphatic heterocycles. The molecule has 2 rings (SSSR count). The van der Waals surface area contributed by atoms with Crippen LogP contribution >= 0.6 is 11.6 Å². The predicted molar refractivity (Wildman–Crippen MR) is 68.9 cm³/mol. The van der Waals surface area contributed by atoms with E-state index in [1.807, 2.05) is 18.2 Å². The number of fused-ring (bicyclic) bond motifs is 1. The van der Waals surface area contributed by atoms with Crippen molar-refractivity contribution in [3.63, 3.8) is 0 Å². The van der Waals surface area contributed by atoms with Crippen LogP contribution in [0.15, 0.2) is 35.8 Å². The first kappa shape index (κ1) is 10.8. The van der Waals surface area contributed by atoms with Gasteiger partial charge in [-0.1, -0.05) is 23.6 Å². The highest BCUT2D eigenvalue weighted by molar-refractivity contribution is 6.30. The number of hydrogen-bond donors (Lipinski definition) is 1. The van der Waals surface area contributed by atoms with Gasteiger partial charge in [0.25, 0.3) is 0 Å². The Morgan fingerprint density at radius 1 is 1.62 bits per heavy atom. The number of anilines is 1. The summed E-state index contributed by atoms with van der Waals surface area (Å²) in [6.45, 7) is 3.72. The molecule has 2 nitrogen and oxygen atoms in total. The van der Waals surface area contributed by atoms with Gasteiger partial charge in [0.1, 0.15) is 0 Å². The van der Waals surface area contributed by atoms with E-state index in [-0.39, 0.29) is 0 Å². The highest BCUT2D eigenvalue weighted by atomic mass is 35.5. The number of nitrogens with one attached hydrogen (secondary N) is 1. The van der Waals surface area contributed by atoms with Crippen molar-refractivity contribution < 1.29 is 0 Å². The second-order valence-electron chi connectivity index (χ2n) is 3.59. The van der Waals surface area contributed by atoms with Crippen LogP contribution in [0.4, 0.5) is 5.69 Å². The molecule has 0 aliphatic carbocycles. The molecule has 1 N–H and O–H groups in total. The molecule has 0 saturated heterocycles. The van der Waals surface area contributed by atoms with Gasteiger partial charge in [-0.25, -0.2) is 0 Å². The molecule has 1 aromatic rings. The van der Waals surface area contributed by atoms with Crippen molar-refractivity contribution in [3.05, 3.63) is 41.4 Å². The number of terminal acetylenes is 1. The number of benzene rings is 1. The summed E-state index contributed by atoms with van der Waals surface area (Å²) in [6, 6.07) is 5.57. The Morgan fingerprint density at radius 2 is 2.44 bits per heavy atom. The molecule has 0 radical (unpaired) electrons. The lowest BCUT2D eigenvalue weighted by Gasteiger charge is -2.29. The molecule has 0 aromatic heterocycles. The van der Waals surface area contributed by atoms with E-state index in [1.54, 1.807) is 12.4 Å². The second kappa shape index (κ2) is 4.03. The van der Waals surface area contributed by atoms with Crippen molar-refractivity contribution in [2.45, 2.75) is 12.0 Å². The standard InChI is InChI=1S/C13H11ClN2/c1-3-7-13(4-2)11-8-10(14)5-6-12(11)15-9-16-13/h2-3,5-6,8-9H,1,7H2,(H,15,16). The Kier molecular flexibility index (Phi) is 2.72. The van der Waals surface area contributed by atoms with E-state index in [0.717, 1.165) is 11.3 Å². The molecule has 1 unspecified atom stereocenters. The molecule has 1 aromatic carbocycles. The molecule has 1 aliphatic rings. The molecule has 0 saturated carbocycles. The fraction of sp³-hybridized carbons (Fsp3) is 0.154. The van der Waals surface area contributed by atoms with Crippen molar-refractivity contribution in [2.75, 3.05) is 5.32 Å². The summed E-state index contributed by atoms with van der Waals surface area (Å²) in [5.41, 5.74) is 1.19. The zero-order valence-corrected chi connectivity index (χ0v) is 9.46. The van der Waals surface area contributed by atoms with Gasteiger partial charge in [-0.15, -0.1) is 13.0 Å². The molecule has 0 amide bonds. The van der Waals surface area contributed by atoms with Gasteiger partial charge in [-0.05, 0) is 18.2 Å². The van der Waals surface area contributed by atoms with Crippen molar-refractivity contribution in [1.82, 2.24) is 0 Å². The van der Waals surface area contributed by atoms with Crippen LogP contribution in [0.1, 0.15) is 12.0 Å². The maximum atomic E-state index is 5.99. The largest absolute Gasteiger partial charge is 0.346 e. The minimum Gasteiger partial charge on any atom is -0.346 e. The molecule has 0 spiro atoms. The number of aliphatic imine (C=N–C) groups is 1. The lowest BCUT2D eigenvalue weighted by atomic mass is 9.86. The monoisotopic (exact) mass is 230 g/mol. The van der Waals surface area contributed by atoms with E-state index in [2.05, 4.69) is 22.8 Å². The number of rotatable bonds is 2. The molecule has 1 heterocycles. The lowest BCUT2D eigenvalue weighted by Crippen LogP contribution is -2.27. The van der Waals surface area contributed by atoms with Crippen LogP contribution < -0.4 is 5.32 Å². The average Bonchev–Trinajstić information content (AvgIpc) is 2.30. The third-order valence-electron chi connectivity index (χ3n) is 2.61. The van der Waals surface area contributed by atoms with Gasteiger partial charge in [0.2, 0.25) is 0 Å². The predicted octanol–water partition coefficient (Wildman–Crippen LogP) is 3.20. The summed E-state index contributed by atoms with van der Waals surface area (Å²) in [7, 11) is 0. The highest BCUT2D eigenvalue weighted by Crippen LogP contribution is 2.38. The van der Waals surface area contributed by atoms with Crippen LogP contribution in [0.25, 0.3) is 0 Å². The van der Waals surface area contributed by atoms with Gasteiger partial charge in [0.05, 0.1) is 6.34 Å². The van der Waals surface area contributed by atoms with Gasteiger partial charge in [0, 0.05) is 22.7 Å². The zero-order valence-electron chi connectivity index (χ0n) is 8.70. The molecule has 80 valence electrons. The molecular formula is C13H11ClN2. The van der Waals surface area contributed by atoms with Crippen molar-refractivity contribution in [1.29, 1.82) is 0 Å². The summed E-state index contributed by atoms with van der Waals surface area (Å²) >= 11 is 5.99. The number of nitrogens with zero attached hydrogens (tertiary/aromatic N) is 1. The van der Waals surface area contributed by atoms with Gasteiger partial charge in [0.15, 0.2) is 5.54 Å². The van der Waals surface area contributed by atoms with Crippen LogP contribution in [-0.4, -0.2) is 6.34 Å². The van der Waals surface area contributed by atoms with Crippen LogP contribution in [0.3, 0.4) is 0 Å². The average molecular weight is 231 g/mol. The quantitative estimate of drug-likeness (QED) is 0.613. The summed E-state index contributed by atoms with van der Waals surface area (Å²) in [5.74, 6) is 2.73.